The van der Waals surface area contributed by atoms with Crippen molar-refractivity contribution >= 4 is 0 Å². The lowest BCUT2D eigenvalue weighted by Gasteiger charge is -2.16. The molecule has 1 heterocycles. The molecule has 1 aromatic heterocycles. The van der Waals surface area contributed by atoms with Gasteiger partial charge in [0.15, 0.2) is 0 Å². The molecule has 0 atom stereocenters. The Morgan fingerprint density at radius 2 is 1.62 bits per heavy atom. The van der Waals surface area contributed by atoms with Crippen molar-refractivity contribution in [2.24, 2.45) is 0 Å². The molecule has 0 unspecified atom stereocenters. The van der Waals surface area contributed by atoms with Crippen LogP contribution in [-0.2, 0) is 13.1 Å². The van der Waals surface area contributed by atoms with Gasteiger partial charge in [0.25, 0.3) is 5.56 Å². The molecule has 0 aliphatic heterocycles. The van der Waals surface area contributed by atoms with Crippen LogP contribution in [0.15, 0.2) is 77.7 Å². The summed E-state index contributed by atoms with van der Waals surface area (Å²) < 4.78 is 1.58. The molecular formula is C22H25N3O. The highest BCUT2D eigenvalue weighted by atomic mass is 16.1. The normalized spacial score (nSPS) is 11.0. The molecule has 0 N–H and O–H groups in total. The third-order valence-corrected chi connectivity index (χ3v) is 4.45. The maximum atomic E-state index is 12.6. The molecule has 0 aliphatic rings. The Morgan fingerprint density at radius 1 is 0.923 bits per heavy atom. The van der Waals surface area contributed by atoms with Crippen molar-refractivity contribution in [3.63, 3.8) is 0 Å². The Kier molecular flexibility index (Phi) is 6.34. The molecule has 3 rings (SSSR count). The quantitative estimate of drug-likeness (QED) is 0.581. The molecule has 26 heavy (non-hydrogen) atoms. The number of hydrogen-bond acceptors (Lipinski definition) is 3. The van der Waals surface area contributed by atoms with Crippen LogP contribution in [0.1, 0.15) is 18.4 Å². The second-order valence-electron chi connectivity index (χ2n) is 6.57. The van der Waals surface area contributed by atoms with Gasteiger partial charge in [-0.05, 0) is 43.6 Å². The monoisotopic (exact) mass is 347 g/mol. The summed E-state index contributed by atoms with van der Waals surface area (Å²) in [5.41, 5.74) is 2.96. The fourth-order valence-electron chi connectivity index (χ4n) is 3.07. The van der Waals surface area contributed by atoms with Crippen molar-refractivity contribution in [3.8, 4) is 11.1 Å². The third kappa shape index (κ3) is 4.90. The molecule has 0 fully saturated rings. The van der Waals surface area contributed by atoms with Crippen LogP contribution >= 0.6 is 0 Å². The Bertz CT molecular complexity index is 859. The topological polar surface area (TPSA) is 38.1 Å². The molecule has 4 nitrogen and oxygen atoms in total. The van der Waals surface area contributed by atoms with E-state index in [9.17, 15) is 4.79 Å². The maximum absolute atomic E-state index is 12.6. The smallest absolute Gasteiger partial charge is 0.274 e. The minimum Gasteiger partial charge on any atom is -0.302 e. The van der Waals surface area contributed by atoms with Crippen molar-refractivity contribution in [2.45, 2.75) is 25.9 Å². The molecule has 0 spiro atoms. The van der Waals surface area contributed by atoms with E-state index in [4.69, 9.17) is 0 Å². The molecule has 0 bridgehead atoms. The summed E-state index contributed by atoms with van der Waals surface area (Å²) in [4.78, 5) is 14.9. The highest BCUT2D eigenvalue weighted by Gasteiger charge is 2.06. The fourth-order valence-corrected chi connectivity index (χ4v) is 3.07. The van der Waals surface area contributed by atoms with Crippen LogP contribution in [0.5, 0.6) is 0 Å². The van der Waals surface area contributed by atoms with Crippen LogP contribution < -0.4 is 5.56 Å². The van der Waals surface area contributed by atoms with Gasteiger partial charge in [-0.1, -0.05) is 60.7 Å². The highest BCUT2D eigenvalue weighted by molar-refractivity contribution is 5.61. The van der Waals surface area contributed by atoms with E-state index in [1.165, 1.54) is 5.56 Å². The zero-order valence-corrected chi connectivity index (χ0v) is 15.2. The zero-order chi connectivity index (χ0) is 18.2. The van der Waals surface area contributed by atoms with Gasteiger partial charge in [-0.25, -0.2) is 4.68 Å². The summed E-state index contributed by atoms with van der Waals surface area (Å²) in [6.45, 7) is 2.60. The molecule has 2 aromatic carbocycles. The molecule has 0 radical (unpaired) electrons. The van der Waals surface area contributed by atoms with E-state index in [1.54, 1.807) is 16.9 Å². The number of aryl methyl sites for hydroxylation is 1. The lowest BCUT2D eigenvalue weighted by molar-refractivity contribution is 0.313. The lowest BCUT2D eigenvalue weighted by Crippen LogP contribution is -2.25. The lowest BCUT2D eigenvalue weighted by atomic mass is 10.1. The average Bonchev–Trinajstić information content (AvgIpc) is 2.68. The van der Waals surface area contributed by atoms with Gasteiger partial charge in [0.2, 0.25) is 0 Å². The summed E-state index contributed by atoms with van der Waals surface area (Å²) in [5, 5.41) is 4.24. The van der Waals surface area contributed by atoms with Gasteiger partial charge in [0, 0.05) is 19.3 Å². The summed E-state index contributed by atoms with van der Waals surface area (Å²) in [7, 11) is 2.13. The number of benzene rings is 2. The van der Waals surface area contributed by atoms with Crippen LogP contribution in [-0.4, -0.2) is 28.3 Å². The molecule has 0 aliphatic carbocycles. The van der Waals surface area contributed by atoms with Gasteiger partial charge in [0.05, 0.1) is 5.56 Å². The van der Waals surface area contributed by atoms with Gasteiger partial charge in [-0.2, -0.15) is 5.10 Å². The van der Waals surface area contributed by atoms with E-state index in [0.29, 0.717) is 12.1 Å². The first-order valence-electron chi connectivity index (χ1n) is 9.08. The number of hydrogen-bond donors (Lipinski definition) is 0. The van der Waals surface area contributed by atoms with E-state index in [2.05, 4.69) is 41.3 Å². The molecule has 0 saturated heterocycles. The van der Waals surface area contributed by atoms with Crippen LogP contribution in [0.25, 0.3) is 11.1 Å². The van der Waals surface area contributed by atoms with Crippen molar-refractivity contribution in [2.75, 3.05) is 13.6 Å². The maximum Gasteiger partial charge on any atom is 0.274 e. The van der Waals surface area contributed by atoms with Crippen molar-refractivity contribution in [1.29, 1.82) is 0 Å². The van der Waals surface area contributed by atoms with E-state index in [1.807, 2.05) is 36.4 Å². The Hall–Kier alpha value is -2.72. The van der Waals surface area contributed by atoms with Crippen molar-refractivity contribution in [3.05, 3.63) is 88.8 Å². The van der Waals surface area contributed by atoms with E-state index in [0.717, 1.165) is 31.5 Å². The predicted molar refractivity (Wildman–Crippen MR) is 106 cm³/mol. The second kappa shape index (κ2) is 9.11. The van der Waals surface area contributed by atoms with E-state index >= 15 is 0 Å². The molecule has 0 saturated carbocycles. The minimum atomic E-state index is -0.0173. The molecule has 4 heteroatoms. The first-order valence-corrected chi connectivity index (χ1v) is 9.08. The van der Waals surface area contributed by atoms with Gasteiger partial charge >= 0.3 is 0 Å². The van der Waals surface area contributed by atoms with Crippen molar-refractivity contribution < 1.29 is 0 Å². The Morgan fingerprint density at radius 3 is 2.35 bits per heavy atom. The van der Waals surface area contributed by atoms with E-state index < -0.39 is 0 Å². The van der Waals surface area contributed by atoms with Crippen LogP contribution in [0.2, 0.25) is 0 Å². The minimum absolute atomic E-state index is 0.0173. The summed E-state index contributed by atoms with van der Waals surface area (Å²) in [6, 6.07) is 22.0. The van der Waals surface area contributed by atoms with Crippen molar-refractivity contribution in [1.82, 2.24) is 14.7 Å². The number of aromatic nitrogens is 2. The SMILES string of the molecule is CN(CCCCn1nccc(-c2ccccc2)c1=O)Cc1ccccc1. The van der Waals surface area contributed by atoms with E-state index in [-0.39, 0.29) is 5.56 Å². The van der Waals surface area contributed by atoms with Gasteiger partial charge in [0.1, 0.15) is 0 Å². The molecule has 3 aromatic rings. The standard InChI is InChI=1S/C22H25N3O/c1-24(18-19-10-4-2-5-11-19)16-8-9-17-25-22(26)21(14-15-23-25)20-12-6-3-7-13-20/h2-7,10-15H,8-9,16-18H2,1H3. The predicted octanol–water partition coefficient (Wildman–Crippen LogP) is 3.82. The van der Waals surface area contributed by atoms with Crippen LogP contribution in [0.3, 0.4) is 0 Å². The second-order valence-corrected chi connectivity index (χ2v) is 6.57. The summed E-state index contributed by atoms with van der Waals surface area (Å²) >= 11 is 0. The molecule has 134 valence electrons. The fraction of sp³-hybridized carbons (Fsp3) is 0.273. The molecular weight excluding hydrogens is 322 g/mol. The first-order chi connectivity index (χ1) is 12.7. The van der Waals surface area contributed by atoms with Crippen LogP contribution in [0, 0.1) is 0 Å². The average molecular weight is 347 g/mol. The number of nitrogens with zero attached hydrogens (tertiary/aromatic N) is 3. The van der Waals surface area contributed by atoms with Gasteiger partial charge in [-0.3, -0.25) is 4.79 Å². The summed E-state index contributed by atoms with van der Waals surface area (Å²) in [6.07, 6.45) is 3.68. The van der Waals surface area contributed by atoms with Gasteiger partial charge < -0.3 is 4.90 Å². The largest absolute Gasteiger partial charge is 0.302 e. The highest BCUT2D eigenvalue weighted by Crippen LogP contribution is 2.13. The summed E-state index contributed by atoms with van der Waals surface area (Å²) in [5.74, 6) is 0. The van der Waals surface area contributed by atoms with Crippen LogP contribution in [0.4, 0.5) is 0 Å². The zero-order valence-electron chi connectivity index (χ0n) is 15.2. The number of rotatable bonds is 8. The Labute approximate surface area is 154 Å². The van der Waals surface area contributed by atoms with Gasteiger partial charge in [-0.15, -0.1) is 0 Å². The number of unbranched alkanes of at least 4 members (excludes halogenated alkanes) is 1. The molecule has 0 amide bonds. The third-order valence-electron chi connectivity index (χ3n) is 4.45. The first kappa shape index (κ1) is 18.1. The Balaban J connectivity index is 1.52.